The summed E-state index contributed by atoms with van der Waals surface area (Å²) in [5.41, 5.74) is 0.848. The van der Waals surface area contributed by atoms with Crippen LogP contribution in [0.1, 0.15) is 5.56 Å². The van der Waals surface area contributed by atoms with E-state index in [4.69, 9.17) is 5.11 Å². The molecule has 1 rings (SSSR count). The van der Waals surface area contributed by atoms with E-state index in [1.807, 2.05) is 30.3 Å². The second-order valence-electron chi connectivity index (χ2n) is 2.40. The molecule has 1 aromatic rings. The minimum absolute atomic E-state index is 0.118. The van der Waals surface area contributed by atoms with Crippen molar-refractivity contribution < 1.29 is 9.85 Å². The van der Waals surface area contributed by atoms with E-state index in [0.29, 0.717) is 0 Å². The van der Waals surface area contributed by atoms with Crippen molar-refractivity contribution in [3.8, 4) is 0 Å². The van der Waals surface area contributed by atoms with Crippen molar-refractivity contribution in [1.29, 1.82) is 0 Å². The van der Waals surface area contributed by atoms with E-state index in [2.05, 4.69) is 0 Å². The van der Waals surface area contributed by atoms with Gasteiger partial charge in [0.25, 0.3) is 0 Å². The number of nitrogens with zero attached hydrogens (tertiary/aromatic N) is 1. The zero-order valence-corrected chi connectivity index (χ0v) is 6.68. The van der Waals surface area contributed by atoms with Gasteiger partial charge in [-0.3, -0.25) is 0 Å². The van der Waals surface area contributed by atoms with Crippen LogP contribution in [0.2, 0.25) is 0 Å². The molecule has 0 saturated heterocycles. The first-order valence-corrected chi connectivity index (χ1v) is 3.77. The van der Waals surface area contributed by atoms with Crippen molar-refractivity contribution >= 4 is 6.21 Å². The fourth-order valence-corrected chi connectivity index (χ4v) is 0.868. The van der Waals surface area contributed by atoms with Gasteiger partial charge >= 0.3 is 0 Å². The average molecular weight is 165 g/mol. The third kappa shape index (κ3) is 2.72. The Kier molecular flexibility index (Phi) is 3.29. The molecule has 3 heteroatoms. The average Bonchev–Trinajstić information content (AvgIpc) is 2.06. The van der Waals surface area contributed by atoms with Gasteiger partial charge in [-0.15, -0.1) is 0 Å². The highest BCUT2D eigenvalue weighted by atomic mass is 16.5. The molecule has 0 amide bonds. The standard InChI is InChI=1S/C9H11NO2/c11-7-6-10(12)8-9-4-2-1-3-5-9/h1-5,8,11H,6-7H2/b10-8-. The predicted octanol–water partition coefficient (Wildman–Crippen LogP) is 0.608. The largest absolute Gasteiger partial charge is 0.624 e. The molecule has 0 bridgehead atoms. The van der Waals surface area contributed by atoms with Crippen LogP contribution < -0.4 is 0 Å². The lowest BCUT2D eigenvalue weighted by molar-refractivity contribution is -0.455. The molecule has 0 fully saturated rings. The molecule has 12 heavy (non-hydrogen) atoms. The molecule has 0 aromatic heterocycles. The van der Waals surface area contributed by atoms with E-state index < -0.39 is 0 Å². The molecule has 0 saturated carbocycles. The van der Waals surface area contributed by atoms with Crippen LogP contribution in [0.3, 0.4) is 0 Å². The van der Waals surface area contributed by atoms with Crippen LogP contribution >= 0.6 is 0 Å². The first kappa shape index (κ1) is 8.74. The van der Waals surface area contributed by atoms with Crippen molar-refractivity contribution in [3.63, 3.8) is 0 Å². The minimum atomic E-state index is -0.118. The van der Waals surface area contributed by atoms with Gasteiger partial charge in [-0.2, -0.15) is 0 Å². The highest BCUT2D eigenvalue weighted by molar-refractivity contribution is 5.75. The number of benzene rings is 1. The summed E-state index contributed by atoms with van der Waals surface area (Å²) >= 11 is 0. The van der Waals surface area contributed by atoms with E-state index >= 15 is 0 Å². The van der Waals surface area contributed by atoms with Crippen LogP contribution in [0.15, 0.2) is 30.3 Å². The molecule has 0 heterocycles. The van der Waals surface area contributed by atoms with E-state index in [-0.39, 0.29) is 13.2 Å². The number of aliphatic hydroxyl groups excluding tert-OH is 1. The second-order valence-corrected chi connectivity index (χ2v) is 2.40. The smallest absolute Gasteiger partial charge is 0.181 e. The molecule has 64 valence electrons. The maximum atomic E-state index is 10.9. The topological polar surface area (TPSA) is 46.3 Å². The summed E-state index contributed by atoms with van der Waals surface area (Å²) in [6.07, 6.45) is 1.45. The van der Waals surface area contributed by atoms with Crippen molar-refractivity contribution in [2.75, 3.05) is 13.2 Å². The van der Waals surface area contributed by atoms with Crippen LogP contribution in [0.4, 0.5) is 0 Å². The lowest BCUT2D eigenvalue weighted by Crippen LogP contribution is -2.10. The Morgan fingerprint density at radius 3 is 2.58 bits per heavy atom. The number of aliphatic hydroxyl groups is 1. The Labute approximate surface area is 71.2 Å². The SMILES string of the molecule is [O-]/[N+](=C\c1ccccc1)CCO. The van der Waals surface area contributed by atoms with Crippen molar-refractivity contribution in [2.45, 2.75) is 0 Å². The molecule has 0 radical (unpaired) electrons. The Morgan fingerprint density at radius 1 is 1.33 bits per heavy atom. The number of rotatable bonds is 3. The van der Waals surface area contributed by atoms with Gasteiger partial charge in [0, 0.05) is 5.56 Å². The molecule has 0 atom stereocenters. The Balaban J connectivity index is 2.67. The second kappa shape index (κ2) is 4.51. The summed E-state index contributed by atoms with van der Waals surface area (Å²) in [4.78, 5) is 0. The van der Waals surface area contributed by atoms with E-state index in [0.717, 1.165) is 10.3 Å². The summed E-state index contributed by atoms with van der Waals surface area (Å²) < 4.78 is 0.718. The van der Waals surface area contributed by atoms with Crippen LogP contribution in [0, 0.1) is 5.21 Å². The van der Waals surface area contributed by atoms with E-state index in [9.17, 15) is 5.21 Å². The molecule has 0 aliphatic heterocycles. The van der Waals surface area contributed by atoms with Crippen LogP contribution in [0.5, 0.6) is 0 Å². The molecule has 0 unspecified atom stereocenters. The number of hydrogen-bond acceptors (Lipinski definition) is 2. The summed E-state index contributed by atoms with van der Waals surface area (Å²) in [6, 6.07) is 9.28. The monoisotopic (exact) mass is 165 g/mol. The van der Waals surface area contributed by atoms with E-state index in [1.54, 1.807) is 0 Å². The first-order valence-electron chi connectivity index (χ1n) is 3.77. The third-order valence-electron chi connectivity index (χ3n) is 1.41. The van der Waals surface area contributed by atoms with Crippen LogP contribution in [-0.4, -0.2) is 29.2 Å². The van der Waals surface area contributed by atoms with Gasteiger partial charge in [0.1, 0.15) is 6.61 Å². The molecule has 0 spiro atoms. The van der Waals surface area contributed by atoms with Crippen molar-refractivity contribution in [2.24, 2.45) is 0 Å². The van der Waals surface area contributed by atoms with E-state index in [1.165, 1.54) is 6.21 Å². The molecule has 3 nitrogen and oxygen atoms in total. The molecule has 0 aliphatic rings. The van der Waals surface area contributed by atoms with Gasteiger partial charge in [-0.25, -0.2) is 4.74 Å². The summed E-state index contributed by atoms with van der Waals surface area (Å²) in [7, 11) is 0. The molecule has 0 aliphatic carbocycles. The van der Waals surface area contributed by atoms with Crippen molar-refractivity contribution in [1.82, 2.24) is 0 Å². The Hall–Kier alpha value is -1.35. The van der Waals surface area contributed by atoms with Gasteiger partial charge < -0.3 is 10.3 Å². The minimum Gasteiger partial charge on any atom is -0.624 e. The summed E-state index contributed by atoms with van der Waals surface area (Å²) in [5, 5.41) is 19.4. The van der Waals surface area contributed by atoms with Crippen LogP contribution in [-0.2, 0) is 0 Å². The fourth-order valence-electron chi connectivity index (χ4n) is 0.868. The first-order chi connectivity index (χ1) is 5.83. The Morgan fingerprint density at radius 2 is 2.00 bits per heavy atom. The van der Waals surface area contributed by atoms with Gasteiger partial charge in [0.15, 0.2) is 12.8 Å². The highest BCUT2D eigenvalue weighted by Gasteiger charge is 1.92. The maximum Gasteiger partial charge on any atom is 0.181 e. The quantitative estimate of drug-likeness (QED) is 0.308. The molecule has 1 aromatic carbocycles. The number of hydrogen-bond donors (Lipinski definition) is 1. The zero-order valence-electron chi connectivity index (χ0n) is 6.68. The maximum absolute atomic E-state index is 10.9. The highest BCUT2D eigenvalue weighted by Crippen LogP contribution is 1.93. The summed E-state index contributed by atoms with van der Waals surface area (Å²) in [6.45, 7) is 0.00171. The van der Waals surface area contributed by atoms with Gasteiger partial charge in [-0.1, -0.05) is 18.2 Å². The molecular weight excluding hydrogens is 154 g/mol. The molecular formula is C9H11NO2. The number of hydroxylamine groups is 1. The van der Waals surface area contributed by atoms with Gasteiger partial charge in [0.2, 0.25) is 0 Å². The fraction of sp³-hybridized carbons (Fsp3) is 0.222. The van der Waals surface area contributed by atoms with Gasteiger partial charge in [0.05, 0.1) is 0 Å². The summed E-state index contributed by atoms with van der Waals surface area (Å²) in [5.74, 6) is 0. The molecule has 1 N–H and O–H groups in total. The lowest BCUT2D eigenvalue weighted by Gasteiger charge is -2.00. The zero-order chi connectivity index (χ0) is 8.81. The third-order valence-corrected chi connectivity index (χ3v) is 1.41. The predicted molar refractivity (Wildman–Crippen MR) is 47.2 cm³/mol. The van der Waals surface area contributed by atoms with Crippen LogP contribution in [0.25, 0.3) is 0 Å². The Bertz CT molecular complexity index is 256. The lowest BCUT2D eigenvalue weighted by atomic mass is 10.2. The normalized spacial score (nSPS) is 11.6. The van der Waals surface area contributed by atoms with Crippen molar-refractivity contribution in [3.05, 3.63) is 41.1 Å². The van der Waals surface area contributed by atoms with Gasteiger partial charge in [-0.05, 0) is 12.1 Å².